The summed E-state index contributed by atoms with van der Waals surface area (Å²) in [6.07, 6.45) is 1.03. The molecule has 0 rings (SSSR count). The molecule has 0 aromatic heterocycles. The van der Waals surface area contributed by atoms with E-state index in [-0.39, 0.29) is 0 Å². The molecule has 0 saturated heterocycles. The summed E-state index contributed by atoms with van der Waals surface area (Å²) in [5.74, 6) is 0.298. The first-order valence-electron chi connectivity index (χ1n) is 3.94. The lowest BCUT2D eigenvalue weighted by Gasteiger charge is -2.09. The highest BCUT2D eigenvalue weighted by atomic mass is 16.5. The van der Waals surface area contributed by atoms with Crippen molar-refractivity contribution in [1.82, 2.24) is 0 Å². The largest absolute Gasteiger partial charge is 0.468 e. The van der Waals surface area contributed by atoms with Gasteiger partial charge in [-0.25, -0.2) is 0 Å². The third kappa shape index (κ3) is 7.33. The molecule has 0 aliphatic rings. The summed E-state index contributed by atoms with van der Waals surface area (Å²) in [4.78, 5) is 9.78. The first-order valence-corrected chi connectivity index (χ1v) is 3.94. The lowest BCUT2D eigenvalue weighted by molar-refractivity contribution is -0.130. The van der Waals surface area contributed by atoms with Crippen molar-refractivity contribution in [3.8, 4) is 0 Å². The van der Waals surface area contributed by atoms with E-state index in [1.807, 2.05) is 6.92 Å². The zero-order valence-electron chi connectivity index (χ0n) is 7.21. The molecule has 0 bridgehead atoms. The van der Waals surface area contributed by atoms with E-state index in [0.29, 0.717) is 25.6 Å². The molecule has 0 aromatic rings. The number of hydrogen-bond donors (Lipinski definition) is 0. The van der Waals surface area contributed by atoms with Crippen molar-refractivity contribution >= 4 is 6.47 Å². The Morgan fingerprint density at radius 1 is 1.45 bits per heavy atom. The van der Waals surface area contributed by atoms with Gasteiger partial charge in [0.2, 0.25) is 0 Å². The topological polar surface area (TPSA) is 35.5 Å². The molecule has 3 nitrogen and oxygen atoms in total. The van der Waals surface area contributed by atoms with Gasteiger partial charge >= 0.3 is 0 Å². The van der Waals surface area contributed by atoms with Crippen LogP contribution in [0.3, 0.4) is 0 Å². The van der Waals surface area contributed by atoms with Crippen molar-refractivity contribution < 1.29 is 14.3 Å². The Morgan fingerprint density at radius 2 is 2.18 bits per heavy atom. The summed E-state index contributed by atoms with van der Waals surface area (Å²) in [5, 5.41) is 0. The number of rotatable bonds is 7. The Bertz CT molecular complexity index is 93.3. The van der Waals surface area contributed by atoms with Crippen LogP contribution in [0.1, 0.15) is 20.3 Å². The van der Waals surface area contributed by atoms with E-state index in [1.165, 1.54) is 0 Å². The second kappa shape index (κ2) is 7.54. The monoisotopic (exact) mass is 160 g/mol. The SMILES string of the molecule is CCCOCC(C)COC=O. The van der Waals surface area contributed by atoms with Crippen molar-refractivity contribution in [2.45, 2.75) is 20.3 Å². The molecule has 0 fully saturated rings. The Kier molecular flexibility index (Phi) is 7.15. The molecule has 11 heavy (non-hydrogen) atoms. The average molecular weight is 160 g/mol. The number of hydrogen-bond acceptors (Lipinski definition) is 3. The van der Waals surface area contributed by atoms with Crippen LogP contribution in [0.15, 0.2) is 0 Å². The van der Waals surface area contributed by atoms with Crippen LogP contribution in [0.5, 0.6) is 0 Å². The van der Waals surface area contributed by atoms with Crippen LogP contribution in [0.25, 0.3) is 0 Å². The fourth-order valence-corrected chi connectivity index (χ4v) is 0.681. The molecule has 0 amide bonds. The van der Waals surface area contributed by atoms with E-state index in [4.69, 9.17) is 4.74 Å². The summed E-state index contributed by atoms with van der Waals surface area (Å²) < 4.78 is 9.81. The van der Waals surface area contributed by atoms with Gasteiger partial charge in [-0.1, -0.05) is 13.8 Å². The van der Waals surface area contributed by atoms with Crippen LogP contribution in [-0.2, 0) is 14.3 Å². The number of carbonyl (C=O) groups excluding carboxylic acids is 1. The van der Waals surface area contributed by atoms with E-state index in [1.54, 1.807) is 0 Å². The van der Waals surface area contributed by atoms with Gasteiger partial charge in [0.05, 0.1) is 13.2 Å². The first kappa shape index (κ1) is 10.4. The van der Waals surface area contributed by atoms with Gasteiger partial charge in [-0.3, -0.25) is 4.79 Å². The molecule has 1 unspecified atom stereocenters. The fraction of sp³-hybridized carbons (Fsp3) is 0.875. The highest BCUT2D eigenvalue weighted by Crippen LogP contribution is 1.96. The summed E-state index contributed by atoms with van der Waals surface area (Å²) >= 11 is 0. The van der Waals surface area contributed by atoms with Gasteiger partial charge in [-0.2, -0.15) is 0 Å². The predicted molar refractivity (Wildman–Crippen MR) is 42.3 cm³/mol. The standard InChI is InChI=1S/C8H16O3/c1-3-4-10-5-8(2)6-11-7-9/h7-8H,3-6H2,1-2H3. The maximum Gasteiger partial charge on any atom is 0.293 e. The molecule has 0 aliphatic carbocycles. The summed E-state index contributed by atoms with van der Waals surface area (Å²) in [6.45, 7) is 6.42. The third-order valence-corrected chi connectivity index (χ3v) is 1.20. The Hall–Kier alpha value is -0.570. The van der Waals surface area contributed by atoms with Crippen LogP contribution in [0, 0.1) is 5.92 Å². The molecule has 0 radical (unpaired) electrons. The van der Waals surface area contributed by atoms with E-state index in [0.717, 1.165) is 13.0 Å². The van der Waals surface area contributed by atoms with Crippen molar-refractivity contribution in [3.63, 3.8) is 0 Å². The highest BCUT2D eigenvalue weighted by molar-refractivity contribution is 5.36. The lowest BCUT2D eigenvalue weighted by Crippen LogP contribution is -2.12. The zero-order valence-corrected chi connectivity index (χ0v) is 7.21. The van der Waals surface area contributed by atoms with Crippen LogP contribution in [0.4, 0.5) is 0 Å². The lowest BCUT2D eigenvalue weighted by atomic mass is 10.2. The van der Waals surface area contributed by atoms with Gasteiger partial charge in [0, 0.05) is 12.5 Å². The Labute approximate surface area is 67.7 Å². The number of ether oxygens (including phenoxy) is 2. The minimum Gasteiger partial charge on any atom is -0.468 e. The van der Waals surface area contributed by atoms with Crippen molar-refractivity contribution in [3.05, 3.63) is 0 Å². The van der Waals surface area contributed by atoms with Gasteiger partial charge in [0.1, 0.15) is 0 Å². The smallest absolute Gasteiger partial charge is 0.293 e. The quantitative estimate of drug-likeness (QED) is 0.415. The van der Waals surface area contributed by atoms with Gasteiger partial charge in [0.25, 0.3) is 6.47 Å². The van der Waals surface area contributed by atoms with Crippen LogP contribution in [0.2, 0.25) is 0 Å². The number of carbonyl (C=O) groups is 1. The van der Waals surface area contributed by atoms with Crippen LogP contribution >= 0.6 is 0 Å². The summed E-state index contributed by atoms with van der Waals surface area (Å²) in [7, 11) is 0. The molecular formula is C8H16O3. The molecule has 0 N–H and O–H groups in total. The Balaban J connectivity index is 3.08. The minimum atomic E-state index is 0.298. The van der Waals surface area contributed by atoms with Gasteiger partial charge in [0.15, 0.2) is 0 Å². The van der Waals surface area contributed by atoms with E-state index >= 15 is 0 Å². The zero-order chi connectivity index (χ0) is 8.53. The molecule has 0 heterocycles. The van der Waals surface area contributed by atoms with Crippen molar-refractivity contribution in [2.75, 3.05) is 19.8 Å². The van der Waals surface area contributed by atoms with E-state index in [2.05, 4.69) is 11.7 Å². The normalized spacial score (nSPS) is 12.5. The third-order valence-electron chi connectivity index (χ3n) is 1.20. The maximum absolute atomic E-state index is 9.78. The fourth-order valence-electron chi connectivity index (χ4n) is 0.681. The molecule has 3 heteroatoms. The van der Waals surface area contributed by atoms with Crippen molar-refractivity contribution in [1.29, 1.82) is 0 Å². The molecule has 66 valence electrons. The second-order valence-electron chi connectivity index (χ2n) is 2.61. The summed E-state index contributed by atoms with van der Waals surface area (Å²) in [5.41, 5.74) is 0. The second-order valence-corrected chi connectivity index (χ2v) is 2.61. The minimum absolute atomic E-state index is 0.298. The maximum atomic E-state index is 9.78. The molecule has 0 aliphatic heterocycles. The highest BCUT2D eigenvalue weighted by Gasteiger charge is 2.00. The van der Waals surface area contributed by atoms with E-state index in [9.17, 15) is 4.79 Å². The average Bonchev–Trinajstić information content (AvgIpc) is 2.01. The van der Waals surface area contributed by atoms with Gasteiger partial charge in [-0.15, -0.1) is 0 Å². The molecule has 1 atom stereocenters. The molecule has 0 saturated carbocycles. The first-order chi connectivity index (χ1) is 5.31. The van der Waals surface area contributed by atoms with Crippen LogP contribution < -0.4 is 0 Å². The van der Waals surface area contributed by atoms with Gasteiger partial charge < -0.3 is 9.47 Å². The van der Waals surface area contributed by atoms with E-state index < -0.39 is 0 Å². The molecule has 0 spiro atoms. The Morgan fingerprint density at radius 3 is 2.73 bits per heavy atom. The molecule has 0 aromatic carbocycles. The predicted octanol–water partition coefficient (Wildman–Crippen LogP) is 1.22. The van der Waals surface area contributed by atoms with Crippen molar-refractivity contribution in [2.24, 2.45) is 5.92 Å². The summed E-state index contributed by atoms with van der Waals surface area (Å²) in [6, 6.07) is 0. The van der Waals surface area contributed by atoms with Crippen LogP contribution in [-0.4, -0.2) is 26.3 Å². The molecular weight excluding hydrogens is 144 g/mol. The van der Waals surface area contributed by atoms with Gasteiger partial charge in [-0.05, 0) is 6.42 Å².